The van der Waals surface area contributed by atoms with Gasteiger partial charge in [-0.25, -0.2) is 0 Å². The molecule has 1 aliphatic heterocycles. The minimum absolute atomic E-state index is 0.137. The summed E-state index contributed by atoms with van der Waals surface area (Å²) in [5, 5.41) is 6.23. The lowest BCUT2D eigenvalue weighted by Gasteiger charge is -2.37. The smallest absolute Gasteiger partial charge is 0.352 e. The molecule has 7 nitrogen and oxygen atoms in total. The minimum Gasteiger partial charge on any atom is -0.352 e. The summed E-state index contributed by atoms with van der Waals surface area (Å²) in [4.78, 5) is 27.2. The molecule has 0 saturated heterocycles. The Morgan fingerprint density at radius 2 is 1.94 bits per heavy atom. The predicted octanol–water partition coefficient (Wildman–Crippen LogP) is 2.85. The van der Waals surface area contributed by atoms with Crippen LogP contribution in [0.2, 0.25) is 0 Å². The van der Waals surface area contributed by atoms with E-state index in [1.54, 1.807) is 17.0 Å². The first-order valence-corrected chi connectivity index (χ1v) is 10.1. The van der Waals surface area contributed by atoms with E-state index in [9.17, 15) is 22.8 Å². The fraction of sp³-hybridized carbons (Fsp3) is 0.318. The Hall–Kier alpha value is -3.56. The van der Waals surface area contributed by atoms with Crippen molar-refractivity contribution in [2.24, 2.45) is 0 Å². The third-order valence-electron chi connectivity index (χ3n) is 5.45. The maximum absolute atomic E-state index is 13.0. The molecular formula is C22H22F3N5O2. The Bertz CT molecular complexity index is 1120. The van der Waals surface area contributed by atoms with Crippen LogP contribution in [0.5, 0.6) is 0 Å². The molecular weight excluding hydrogens is 423 g/mol. The highest BCUT2D eigenvalue weighted by Gasteiger charge is 2.35. The summed E-state index contributed by atoms with van der Waals surface area (Å²) in [7, 11) is 0. The van der Waals surface area contributed by atoms with Crippen molar-refractivity contribution in [2.45, 2.75) is 38.8 Å². The second-order valence-corrected chi connectivity index (χ2v) is 7.75. The number of carbonyl (C=O) groups is 2. The van der Waals surface area contributed by atoms with Crippen molar-refractivity contribution >= 4 is 11.8 Å². The lowest BCUT2D eigenvalue weighted by Crippen LogP contribution is -2.52. The molecule has 0 radical (unpaired) electrons. The highest BCUT2D eigenvalue weighted by atomic mass is 19.4. The molecule has 0 aliphatic carbocycles. The molecule has 2 aromatic heterocycles. The fourth-order valence-electron chi connectivity index (χ4n) is 3.79. The number of hydrogen-bond donors (Lipinski definition) is 1. The summed E-state index contributed by atoms with van der Waals surface area (Å²) in [6.07, 6.45) is -2.75. The number of carbonyl (C=O) groups excluding carboxylic acids is 2. The van der Waals surface area contributed by atoms with E-state index in [1.165, 1.54) is 6.92 Å². The fourth-order valence-corrected chi connectivity index (χ4v) is 3.79. The van der Waals surface area contributed by atoms with Crippen LogP contribution in [0, 0.1) is 6.92 Å². The second-order valence-electron chi connectivity index (χ2n) is 7.75. The molecule has 168 valence electrons. The number of halogens is 3. The van der Waals surface area contributed by atoms with E-state index in [2.05, 4.69) is 10.4 Å². The van der Waals surface area contributed by atoms with Gasteiger partial charge in [0.05, 0.1) is 6.04 Å². The Labute approximate surface area is 182 Å². The summed E-state index contributed by atoms with van der Waals surface area (Å²) in [6, 6.07) is 13.7. The zero-order valence-electron chi connectivity index (χ0n) is 17.3. The molecule has 32 heavy (non-hydrogen) atoms. The Morgan fingerprint density at radius 1 is 1.19 bits per heavy atom. The van der Waals surface area contributed by atoms with Crippen LogP contribution >= 0.6 is 0 Å². The lowest BCUT2D eigenvalue weighted by atomic mass is 10.1. The van der Waals surface area contributed by atoms with E-state index in [1.807, 2.05) is 41.1 Å². The molecule has 0 bridgehead atoms. The van der Waals surface area contributed by atoms with Crippen LogP contribution in [0.1, 0.15) is 27.4 Å². The van der Waals surface area contributed by atoms with Crippen LogP contribution in [0.25, 0.3) is 0 Å². The van der Waals surface area contributed by atoms with Gasteiger partial charge in [0.25, 0.3) is 5.91 Å². The molecule has 3 aromatic rings. The van der Waals surface area contributed by atoms with Crippen molar-refractivity contribution in [1.82, 2.24) is 24.6 Å². The number of hydrogen-bond acceptors (Lipinski definition) is 3. The number of rotatable bonds is 6. The van der Waals surface area contributed by atoms with E-state index < -0.39 is 17.8 Å². The first kappa shape index (κ1) is 21.7. The van der Waals surface area contributed by atoms with Gasteiger partial charge >= 0.3 is 6.18 Å². The van der Waals surface area contributed by atoms with E-state index in [0.717, 1.165) is 16.3 Å². The SMILES string of the molecule is Cc1cc(C(F)(F)F)nn1CC(=O)NCC1Cn2cccc2C(=O)N1Cc1ccccc1. The Kier molecular flexibility index (Phi) is 5.77. The molecule has 4 rings (SSSR count). The van der Waals surface area contributed by atoms with Gasteiger partial charge in [-0.3, -0.25) is 14.3 Å². The number of alkyl halides is 3. The van der Waals surface area contributed by atoms with Crippen LogP contribution in [0.15, 0.2) is 54.7 Å². The number of nitrogens with one attached hydrogen (secondary N) is 1. The molecule has 1 unspecified atom stereocenters. The minimum atomic E-state index is -4.57. The van der Waals surface area contributed by atoms with Crippen LogP contribution in [-0.2, 0) is 30.6 Å². The number of fused-ring (bicyclic) bond motifs is 1. The maximum Gasteiger partial charge on any atom is 0.435 e. The van der Waals surface area contributed by atoms with Gasteiger partial charge in [-0.15, -0.1) is 0 Å². The Balaban J connectivity index is 1.45. The van der Waals surface area contributed by atoms with Crippen LogP contribution in [0.4, 0.5) is 13.2 Å². The highest BCUT2D eigenvalue weighted by molar-refractivity contribution is 5.93. The van der Waals surface area contributed by atoms with Gasteiger partial charge < -0.3 is 14.8 Å². The predicted molar refractivity (Wildman–Crippen MR) is 110 cm³/mol. The molecule has 1 N–H and O–H groups in total. The van der Waals surface area contributed by atoms with E-state index in [-0.39, 0.29) is 30.7 Å². The van der Waals surface area contributed by atoms with Crippen molar-refractivity contribution in [1.29, 1.82) is 0 Å². The van der Waals surface area contributed by atoms with Crippen LogP contribution < -0.4 is 5.32 Å². The first-order valence-electron chi connectivity index (χ1n) is 10.1. The van der Waals surface area contributed by atoms with Gasteiger partial charge in [-0.2, -0.15) is 18.3 Å². The van der Waals surface area contributed by atoms with Crippen molar-refractivity contribution in [2.75, 3.05) is 6.54 Å². The van der Waals surface area contributed by atoms with Gasteiger partial charge in [-0.05, 0) is 30.7 Å². The van der Waals surface area contributed by atoms with Crippen molar-refractivity contribution < 1.29 is 22.8 Å². The second kappa shape index (κ2) is 8.52. The monoisotopic (exact) mass is 445 g/mol. The zero-order chi connectivity index (χ0) is 22.9. The molecule has 2 amide bonds. The number of aromatic nitrogens is 3. The van der Waals surface area contributed by atoms with Crippen molar-refractivity contribution in [3.05, 3.63) is 77.4 Å². The summed E-state index contributed by atoms with van der Waals surface area (Å²) >= 11 is 0. The molecule has 3 heterocycles. The number of benzene rings is 1. The molecule has 0 saturated carbocycles. The highest BCUT2D eigenvalue weighted by Crippen LogP contribution is 2.28. The maximum atomic E-state index is 13.0. The van der Waals surface area contributed by atoms with Gasteiger partial charge in [0, 0.05) is 31.5 Å². The molecule has 1 aliphatic rings. The van der Waals surface area contributed by atoms with Gasteiger partial charge in [0.15, 0.2) is 5.69 Å². The largest absolute Gasteiger partial charge is 0.435 e. The third kappa shape index (κ3) is 4.53. The number of nitrogens with zero attached hydrogens (tertiary/aromatic N) is 4. The zero-order valence-corrected chi connectivity index (χ0v) is 17.3. The summed E-state index contributed by atoms with van der Waals surface area (Å²) in [6.45, 7) is 2.18. The van der Waals surface area contributed by atoms with Crippen molar-refractivity contribution in [3.8, 4) is 0 Å². The molecule has 0 fully saturated rings. The summed E-state index contributed by atoms with van der Waals surface area (Å²) < 4.78 is 41.4. The standard InChI is InChI=1S/C22H22F3N5O2/c1-15-10-19(22(23,24)25)27-30(15)14-20(31)26-11-17-13-28-9-5-8-18(28)21(32)29(17)12-16-6-3-2-4-7-16/h2-10,17H,11-14H2,1H3,(H,26,31). The molecule has 0 spiro atoms. The molecule has 1 aromatic carbocycles. The van der Waals surface area contributed by atoms with Crippen LogP contribution in [-0.4, -0.2) is 43.6 Å². The average Bonchev–Trinajstić information content (AvgIpc) is 3.36. The number of aryl methyl sites for hydroxylation is 1. The van der Waals surface area contributed by atoms with Gasteiger partial charge in [0.1, 0.15) is 12.2 Å². The topological polar surface area (TPSA) is 72.2 Å². The third-order valence-corrected chi connectivity index (χ3v) is 5.45. The summed E-state index contributed by atoms with van der Waals surface area (Å²) in [5.41, 5.74) is 0.747. The first-order chi connectivity index (χ1) is 15.2. The van der Waals surface area contributed by atoms with E-state index >= 15 is 0 Å². The molecule has 1 atom stereocenters. The van der Waals surface area contributed by atoms with Gasteiger partial charge in [-0.1, -0.05) is 30.3 Å². The van der Waals surface area contributed by atoms with E-state index in [0.29, 0.717) is 18.8 Å². The lowest BCUT2D eigenvalue weighted by molar-refractivity contribution is -0.141. The summed E-state index contributed by atoms with van der Waals surface area (Å²) in [5.74, 6) is -0.613. The van der Waals surface area contributed by atoms with E-state index in [4.69, 9.17) is 0 Å². The van der Waals surface area contributed by atoms with Gasteiger partial charge in [0.2, 0.25) is 5.91 Å². The molecule has 10 heteroatoms. The van der Waals surface area contributed by atoms with Crippen LogP contribution in [0.3, 0.4) is 0 Å². The van der Waals surface area contributed by atoms with Crippen molar-refractivity contribution in [3.63, 3.8) is 0 Å². The Morgan fingerprint density at radius 3 is 2.62 bits per heavy atom. The quantitative estimate of drug-likeness (QED) is 0.634. The normalized spacial score (nSPS) is 16.2. The average molecular weight is 445 g/mol. The number of amides is 2.